The van der Waals surface area contributed by atoms with Gasteiger partial charge in [0.25, 0.3) is 5.91 Å². The summed E-state index contributed by atoms with van der Waals surface area (Å²) >= 11 is 0. The van der Waals surface area contributed by atoms with E-state index in [1.165, 1.54) is 0 Å². The zero-order valence-electron chi connectivity index (χ0n) is 15.8. The van der Waals surface area contributed by atoms with Crippen molar-refractivity contribution >= 4 is 22.8 Å². The van der Waals surface area contributed by atoms with Crippen molar-refractivity contribution in [3.63, 3.8) is 0 Å². The molecule has 0 bridgehead atoms. The number of carbonyl (C=O) groups excluding carboxylic acids is 2. The largest absolute Gasteiger partial charge is 0.550 e. The van der Waals surface area contributed by atoms with Crippen molar-refractivity contribution in [3.05, 3.63) is 39.2 Å². The molecule has 1 amide bonds. The smallest absolute Gasteiger partial charge is 0.339 e. The molecule has 7 heteroatoms. The van der Waals surface area contributed by atoms with Crippen LogP contribution < -0.4 is 20.8 Å². The fourth-order valence-corrected chi connectivity index (χ4v) is 2.80. The number of hydrogen-bond acceptors (Lipinski definition) is 6. The van der Waals surface area contributed by atoms with Gasteiger partial charge in [0.1, 0.15) is 11.3 Å². The van der Waals surface area contributed by atoms with Gasteiger partial charge >= 0.3 is 5.63 Å². The third-order valence-corrected chi connectivity index (χ3v) is 4.40. The number of unbranched alkanes of at least 4 members (excludes halogenated alkanes) is 2. The molecular formula is C20H24NO6-. The maximum absolute atomic E-state index is 12.0. The topological polar surface area (TPSA) is 109 Å². The van der Waals surface area contributed by atoms with Gasteiger partial charge < -0.3 is 24.4 Å². The minimum atomic E-state index is -1.06. The summed E-state index contributed by atoms with van der Waals surface area (Å²) in [5.74, 6) is -0.825. The van der Waals surface area contributed by atoms with E-state index in [0.717, 1.165) is 11.1 Å². The Morgan fingerprint density at radius 2 is 1.85 bits per heavy atom. The van der Waals surface area contributed by atoms with Gasteiger partial charge in [0, 0.05) is 18.1 Å². The Kier molecular flexibility index (Phi) is 6.98. The standard InChI is InChI=1S/C20H25NO6/c1-12-9-15(19-13(2)14(3)20(25)27-16(19)10-12)26-11-17(22)21-8-6-4-5-7-18(23)24/h9-10H,4-8,11H2,1-3H3,(H,21,22)(H,23,24)/p-1. The Bertz CT molecular complexity index is 899. The molecule has 146 valence electrons. The molecule has 0 saturated heterocycles. The van der Waals surface area contributed by atoms with Gasteiger partial charge in [-0.25, -0.2) is 4.79 Å². The molecule has 0 unspecified atom stereocenters. The summed E-state index contributed by atoms with van der Waals surface area (Å²) in [5, 5.41) is 13.7. The number of rotatable bonds is 9. The molecule has 0 aliphatic rings. The number of aryl methyl sites for hydroxylation is 2. The van der Waals surface area contributed by atoms with Crippen LogP contribution in [0.1, 0.15) is 42.4 Å². The van der Waals surface area contributed by atoms with Crippen LogP contribution in [-0.4, -0.2) is 25.0 Å². The van der Waals surface area contributed by atoms with Gasteiger partial charge in [-0.05, 0) is 63.3 Å². The number of carbonyl (C=O) groups is 2. The quantitative estimate of drug-likeness (QED) is 0.527. The number of hydrogen-bond donors (Lipinski definition) is 1. The van der Waals surface area contributed by atoms with Gasteiger partial charge in [0.15, 0.2) is 6.61 Å². The fourth-order valence-electron chi connectivity index (χ4n) is 2.80. The van der Waals surface area contributed by atoms with Crippen LogP contribution in [0, 0.1) is 20.8 Å². The molecule has 0 aliphatic carbocycles. The average molecular weight is 374 g/mol. The third kappa shape index (κ3) is 5.57. The van der Waals surface area contributed by atoms with E-state index in [0.29, 0.717) is 48.1 Å². The summed E-state index contributed by atoms with van der Waals surface area (Å²) in [6.45, 7) is 5.67. The number of carboxylic acid groups (broad SMARTS) is 1. The van der Waals surface area contributed by atoms with E-state index in [-0.39, 0.29) is 24.6 Å². The first-order valence-electron chi connectivity index (χ1n) is 8.93. The Morgan fingerprint density at radius 3 is 2.56 bits per heavy atom. The number of ether oxygens (including phenoxy) is 1. The molecule has 2 aromatic rings. The van der Waals surface area contributed by atoms with Gasteiger partial charge in [-0.15, -0.1) is 0 Å². The number of benzene rings is 1. The van der Waals surface area contributed by atoms with Crippen molar-refractivity contribution in [3.8, 4) is 5.75 Å². The molecule has 0 radical (unpaired) electrons. The molecule has 0 atom stereocenters. The number of nitrogens with one attached hydrogen (secondary N) is 1. The number of fused-ring (bicyclic) bond motifs is 1. The van der Waals surface area contributed by atoms with E-state index in [1.807, 2.05) is 19.9 Å². The molecule has 2 rings (SSSR count). The van der Waals surface area contributed by atoms with Gasteiger partial charge in [-0.2, -0.15) is 0 Å². The zero-order chi connectivity index (χ0) is 20.0. The maximum atomic E-state index is 12.0. The second-order valence-electron chi connectivity index (χ2n) is 6.60. The molecule has 0 aliphatic heterocycles. The van der Waals surface area contributed by atoms with Gasteiger partial charge in [-0.1, -0.05) is 6.42 Å². The molecule has 1 N–H and O–H groups in total. The summed E-state index contributed by atoms with van der Waals surface area (Å²) in [6, 6.07) is 3.57. The second kappa shape index (κ2) is 9.21. The van der Waals surface area contributed by atoms with Crippen LogP contribution in [0.4, 0.5) is 0 Å². The van der Waals surface area contributed by atoms with Crippen LogP contribution in [0.5, 0.6) is 5.75 Å². The van der Waals surface area contributed by atoms with Gasteiger partial charge in [-0.3, -0.25) is 4.79 Å². The normalized spacial score (nSPS) is 10.8. The molecule has 7 nitrogen and oxygen atoms in total. The molecule has 1 aromatic carbocycles. The monoisotopic (exact) mass is 374 g/mol. The first kappa shape index (κ1) is 20.5. The summed E-state index contributed by atoms with van der Waals surface area (Å²) < 4.78 is 11.0. The summed E-state index contributed by atoms with van der Waals surface area (Å²) in [7, 11) is 0. The minimum Gasteiger partial charge on any atom is -0.550 e. The van der Waals surface area contributed by atoms with Crippen LogP contribution in [0.15, 0.2) is 21.3 Å². The predicted molar refractivity (Wildman–Crippen MR) is 98.7 cm³/mol. The molecule has 1 heterocycles. The van der Waals surface area contributed by atoms with Crippen LogP contribution in [0.25, 0.3) is 11.0 Å². The van der Waals surface area contributed by atoms with Crippen molar-refractivity contribution < 1.29 is 23.8 Å². The zero-order valence-corrected chi connectivity index (χ0v) is 15.8. The molecule has 0 spiro atoms. The van der Waals surface area contributed by atoms with Gasteiger partial charge in [0.05, 0.1) is 5.39 Å². The van der Waals surface area contributed by atoms with Crippen molar-refractivity contribution in [2.24, 2.45) is 0 Å². The average Bonchev–Trinajstić information content (AvgIpc) is 2.60. The van der Waals surface area contributed by atoms with Crippen molar-refractivity contribution in [1.29, 1.82) is 0 Å². The number of amides is 1. The van der Waals surface area contributed by atoms with Crippen molar-refractivity contribution in [2.75, 3.05) is 13.2 Å². The highest BCUT2D eigenvalue weighted by Crippen LogP contribution is 2.30. The first-order chi connectivity index (χ1) is 12.8. The highest BCUT2D eigenvalue weighted by Gasteiger charge is 2.14. The minimum absolute atomic E-state index is 0.0341. The predicted octanol–water partition coefficient (Wildman–Crippen LogP) is 1.52. The van der Waals surface area contributed by atoms with E-state index in [4.69, 9.17) is 9.15 Å². The van der Waals surface area contributed by atoms with E-state index >= 15 is 0 Å². The lowest BCUT2D eigenvalue weighted by Gasteiger charge is -2.13. The Hall–Kier alpha value is -2.83. The Labute approximate surface area is 157 Å². The highest BCUT2D eigenvalue weighted by atomic mass is 16.5. The number of carboxylic acids is 1. The highest BCUT2D eigenvalue weighted by molar-refractivity contribution is 5.88. The lowest BCUT2D eigenvalue weighted by Crippen LogP contribution is -2.29. The van der Waals surface area contributed by atoms with E-state index in [1.54, 1.807) is 13.0 Å². The van der Waals surface area contributed by atoms with Crippen molar-refractivity contribution in [1.82, 2.24) is 5.32 Å². The van der Waals surface area contributed by atoms with E-state index in [2.05, 4.69) is 5.32 Å². The Balaban J connectivity index is 1.96. The second-order valence-corrected chi connectivity index (χ2v) is 6.60. The summed E-state index contributed by atoms with van der Waals surface area (Å²) in [4.78, 5) is 34.2. The summed E-state index contributed by atoms with van der Waals surface area (Å²) in [5.41, 5.74) is 2.19. The van der Waals surface area contributed by atoms with Gasteiger partial charge in [0.2, 0.25) is 0 Å². The van der Waals surface area contributed by atoms with E-state index in [9.17, 15) is 19.5 Å². The molecule has 0 fully saturated rings. The van der Waals surface area contributed by atoms with Crippen LogP contribution in [0.2, 0.25) is 0 Å². The van der Waals surface area contributed by atoms with Crippen LogP contribution in [-0.2, 0) is 9.59 Å². The van der Waals surface area contributed by atoms with E-state index < -0.39 is 5.97 Å². The van der Waals surface area contributed by atoms with Crippen LogP contribution >= 0.6 is 0 Å². The number of aliphatic carboxylic acids is 1. The lowest BCUT2D eigenvalue weighted by molar-refractivity contribution is -0.305. The lowest BCUT2D eigenvalue weighted by atomic mass is 10.0. The van der Waals surface area contributed by atoms with Crippen LogP contribution in [0.3, 0.4) is 0 Å². The third-order valence-electron chi connectivity index (χ3n) is 4.40. The Morgan fingerprint density at radius 1 is 1.11 bits per heavy atom. The maximum Gasteiger partial charge on any atom is 0.339 e. The molecular weight excluding hydrogens is 350 g/mol. The molecule has 1 aromatic heterocycles. The van der Waals surface area contributed by atoms with Crippen molar-refractivity contribution in [2.45, 2.75) is 46.5 Å². The SMILES string of the molecule is Cc1cc(OCC(=O)NCCCCCC(=O)[O-])c2c(C)c(C)c(=O)oc2c1. The molecule has 0 saturated carbocycles. The fraction of sp³-hybridized carbons (Fsp3) is 0.450. The summed E-state index contributed by atoms with van der Waals surface area (Å²) in [6.07, 6.45) is 1.96. The molecule has 27 heavy (non-hydrogen) atoms. The first-order valence-corrected chi connectivity index (χ1v) is 8.93.